The van der Waals surface area contributed by atoms with Crippen molar-refractivity contribution in [2.75, 3.05) is 0 Å². The lowest BCUT2D eigenvalue weighted by Crippen LogP contribution is -2.30. The van der Waals surface area contributed by atoms with Crippen molar-refractivity contribution in [2.24, 2.45) is 12.9 Å². The fourth-order valence-electron chi connectivity index (χ4n) is 2.07. The van der Waals surface area contributed by atoms with Crippen LogP contribution >= 0.6 is 0 Å². The van der Waals surface area contributed by atoms with E-state index in [1.807, 2.05) is 43.6 Å². The summed E-state index contributed by atoms with van der Waals surface area (Å²) in [5.41, 5.74) is 5.25. The zero-order valence-corrected chi connectivity index (χ0v) is 11.6. The van der Waals surface area contributed by atoms with E-state index >= 15 is 0 Å². The van der Waals surface area contributed by atoms with Crippen LogP contribution in [0.4, 0.5) is 0 Å². The molecule has 0 aliphatic heterocycles. The molecule has 0 spiro atoms. The van der Waals surface area contributed by atoms with Crippen LogP contribution < -0.4 is 11.3 Å². The second-order valence-electron chi connectivity index (χ2n) is 4.70. The summed E-state index contributed by atoms with van der Waals surface area (Å²) in [5.74, 6) is 5.63. The molecule has 2 heterocycles. The van der Waals surface area contributed by atoms with Crippen LogP contribution in [0.1, 0.15) is 17.4 Å². The van der Waals surface area contributed by atoms with Gasteiger partial charge in [0.25, 0.3) is 0 Å². The molecule has 2 aromatic heterocycles. The monoisotopic (exact) mass is 284 g/mol. The Morgan fingerprint density at radius 1 is 1.29 bits per heavy atom. The van der Waals surface area contributed by atoms with E-state index in [-0.39, 0.29) is 6.04 Å². The molecule has 0 fully saturated rings. The average molecular weight is 284 g/mol. The van der Waals surface area contributed by atoms with Gasteiger partial charge in [0.15, 0.2) is 0 Å². The summed E-state index contributed by atoms with van der Waals surface area (Å²) >= 11 is 0. The fraction of sp³-hybridized carbons (Fsp3) is 0.231. The number of nitrogens with one attached hydrogen (secondary N) is 1. The summed E-state index contributed by atoms with van der Waals surface area (Å²) in [6.07, 6.45) is 4.15. The van der Waals surface area contributed by atoms with E-state index in [0.717, 1.165) is 17.1 Å². The van der Waals surface area contributed by atoms with Crippen LogP contribution in [0, 0.1) is 0 Å². The number of hydrogen-bond donors (Lipinski definition) is 2. The van der Waals surface area contributed by atoms with Crippen LogP contribution in [0.15, 0.2) is 42.7 Å². The Balaban J connectivity index is 1.80. The van der Waals surface area contributed by atoms with E-state index in [2.05, 4.69) is 25.9 Å². The van der Waals surface area contributed by atoms with Gasteiger partial charge in [-0.05, 0) is 12.1 Å². The van der Waals surface area contributed by atoms with Gasteiger partial charge < -0.3 is 0 Å². The highest BCUT2D eigenvalue weighted by Gasteiger charge is 2.16. The number of rotatable bonds is 5. The highest BCUT2D eigenvalue weighted by Crippen LogP contribution is 2.14. The summed E-state index contributed by atoms with van der Waals surface area (Å²) in [4.78, 5) is 1.58. The summed E-state index contributed by atoms with van der Waals surface area (Å²) < 4.78 is 1.66. The van der Waals surface area contributed by atoms with Crippen molar-refractivity contribution in [3.8, 4) is 5.69 Å². The predicted molar refractivity (Wildman–Crippen MR) is 76.1 cm³/mol. The molecule has 3 N–H and O–H groups in total. The van der Waals surface area contributed by atoms with Crippen LogP contribution in [0.2, 0.25) is 0 Å². The zero-order chi connectivity index (χ0) is 14.7. The van der Waals surface area contributed by atoms with Crippen molar-refractivity contribution in [3.63, 3.8) is 0 Å². The summed E-state index contributed by atoms with van der Waals surface area (Å²) in [5, 5.41) is 16.7. The third-order valence-corrected chi connectivity index (χ3v) is 3.12. The third kappa shape index (κ3) is 2.96. The van der Waals surface area contributed by atoms with Crippen molar-refractivity contribution >= 4 is 0 Å². The predicted octanol–water partition coefficient (Wildman–Crippen LogP) is 0.143. The van der Waals surface area contributed by atoms with E-state index < -0.39 is 0 Å². The molecule has 0 bridgehead atoms. The minimum atomic E-state index is -0.167. The van der Waals surface area contributed by atoms with Crippen molar-refractivity contribution in [3.05, 3.63) is 54.1 Å². The molecular weight excluding hydrogens is 268 g/mol. The van der Waals surface area contributed by atoms with Gasteiger partial charge in [0, 0.05) is 19.7 Å². The maximum Gasteiger partial charge on any atom is 0.102 e. The number of aryl methyl sites for hydroxylation is 1. The SMILES string of the molecule is Cn1cc(CC(NN)c2cnn(-c3ccccc3)n2)nn1. The molecule has 8 nitrogen and oxygen atoms in total. The van der Waals surface area contributed by atoms with Crippen molar-refractivity contribution < 1.29 is 0 Å². The number of para-hydroxylation sites is 1. The first-order valence-corrected chi connectivity index (χ1v) is 6.55. The Hall–Kier alpha value is -2.58. The Kier molecular flexibility index (Phi) is 3.71. The topological polar surface area (TPSA) is 99.5 Å². The van der Waals surface area contributed by atoms with Gasteiger partial charge in [0.2, 0.25) is 0 Å². The summed E-state index contributed by atoms with van der Waals surface area (Å²) in [6, 6.07) is 9.55. The van der Waals surface area contributed by atoms with Gasteiger partial charge in [-0.25, -0.2) is 0 Å². The Morgan fingerprint density at radius 3 is 2.76 bits per heavy atom. The molecule has 108 valence electrons. The lowest BCUT2D eigenvalue weighted by atomic mass is 10.1. The summed E-state index contributed by atoms with van der Waals surface area (Å²) in [6.45, 7) is 0. The molecule has 3 aromatic rings. The van der Waals surface area contributed by atoms with Crippen molar-refractivity contribution in [1.29, 1.82) is 0 Å². The molecule has 0 aliphatic rings. The molecular formula is C13H16N8. The lowest BCUT2D eigenvalue weighted by molar-refractivity contribution is 0.526. The van der Waals surface area contributed by atoms with Gasteiger partial charge in [0.1, 0.15) is 5.69 Å². The Bertz CT molecular complexity index is 702. The standard InChI is InChI=1S/C13H16N8/c1-20-9-10(17-19-20)7-12(16-14)13-8-15-21(18-13)11-5-3-2-4-6-11/h2-6,8-9,12,16H,7,14H2,1H3. The lowest BCUT2D eigenvalue weighted by Gasteiger charge is -2.10. The van der Waals surface area contributed by atoms with Gasteiger partial charge in [-0.3, -0.25) is 16.0 Å². The molecule has 0 amide bonds. The molecule has 0 saturated carbocycles. The van der Waals surface area contributed by atoms with E-state index in [9.17, 15) is 0 Å². The summed E-state index contributed by atoms with van der Waals surface area (Å²) in [7, 11) is 1.83. The van der Waals surface area contributed by atoms with E-state index in [1.165, 1.54) is 0 Å². The highest BCUT2D eigenvalue weighted by atomic mass is 15.5. The van der Waals surface area contributed by atoms with E-state index in [1.54, 1.807) is 15.7 Å². The number of nitrogens with zero attached hydrogens (tertiary/aromatic N) is 6. The molecule has 1 aromatic carbocycles. The normalized spacial score (nSPS) is 12.5. The van der Waals surface area contributed by atoms with Gasteiger partial charge in [-0.2, -0.15) is 15.0 Å². The van der Waals surface area contributed by atoms with Crippen LogP contribution in [-0.4, -0.2) is 30.0 Å². The first-order valence-electron chi connectivity index (χ1n) is 6.55. The van der Waals surface area contributed by atoms with Crippen molar-refractivity contribution in [2.45, 2.75) is 12.5 Å². The quantitative estimate of drug-likeness (QED) is 0.511. The van der Waals surface area contributed by atoms with Crippen LogP contribution in [0.5, 0.6) is 0 Å². The number of aromatic nitrogens is 6. The molecule has 21 heavy (non-hydrogen) atoms. The van der Waals surface area contributed by atoms with Gasteiger partial charge in [-0.1, -0.05) is 23.4 Å². The molecule has 8 heteroatoms. The van der Waals surface area contributed by atoms with Gasteiger partial charge in [-0.15, -0.1) is 5.10 Å². The number of hydrogen-bond acceptors (Lipinski definition) is 6. The van der Waals surface area contributed by atoms with Crippen molar-refractivity contribution in [1.82, 2.24) is 35.4 Å². The molecule has 1 atom stereocenters. The van der Waals surface area contributed by atoms with Crippen LogP contribution in [0.25, 0.3) is 5.69 Å². The zero-order valence-electron chi connectivity index (χ0n) is 11.6. The molecule has 0 saturated heterocycles. The smallest absolute Gasteiger partial charge is 0.102 e. The first kappa shape index (κ1) is 13.4. The second-order valence-corrected chi connectivity index (χ2v) is 4.70. The largest absolute Gasteiger partial charge is 0.271 e. The molecule has 3 rings (SSSR count). The van der Waals surface area contributed by atoms with Gasteiger partial charge in [0.05, 0.1) is 23.6 Å². The minimum absolute atomic E-state index is 0.167. The average Bonchev–Trinajstić information content (AvgIpc) is 3.15. The van der Waals surface area contributed by atoms with E-state index in [4.69, 9.17) is 5.84 Å². The third-order valence-electron chi connectivity index (χ3n) is 3.12. The van der Waals surface area contributed by atoms with Crippen LogP contribution in [0.3, 0.4) is 0 Å². The second kappa shape index (κ2) is 5.81. The minimum Gasteiger partial charge on any atom is -0.271 e. The highest BCUT2D eigenvalue weighted by molar-refractivity contribution is 5.28. The number of hydrazine groups is 1. The van der Waals surface area contributed by atoms with Gasteiger partial charge >= 0.3 is 0 Å². The first-order chi connectivity index (χ1) is 10.3. The number of benzene rings is 1. The van der Waals surface area contributed by atoms with E-state index in [0.29, 0.717) is 6.42 Å². The Morgan fingerprint density at radius 2 is 2.10 bits per heavy atom. The number of nitrogens with two attached hydrogens (primary N) is 1. The fourth-order valence-corrected chi connectivity index (χ4v) is 2.07. The molecule has 0 aliphatic carbocycles. The Labute approximate surface area is 121 Å². The molecule has 1 unspecified atom stereocenters. The van der Waals surface area contributed by atoms with Crippen LogP contribution in [-0.2, 0) is 13.5 Å². The molecule has 0 radical (unpaired) electrons. The maximum absolute atomic E-state index is 5.63. The maximum atomic E-state index is 5.63.